The van der Waals surface area contributed by atoms with Gasteiger partial charge in [-0.05, 0) is 72.1 Å². The highest BCUT2D eigenvalue weighted by Crippen LogP contribution is 2.49. The quantitative estimate of drug-likeness (QED) is 0.0964. The third kappa shape index (κ3) is 9.54. The Morgan fingerprint density at radius 3 is 2.42 bits per heavy atom. The van der Waals surface area contributed by atoms with Crippen molar-refractivity contribution in [1.82, 2.24) is 29.7 Å². The molecule has 2 N–H and O–H groups in total. The van der Waals surface area contributed by atoms with Crippen molar-refractivity contribution in [3.8, 4) is 50.3 Å². The van der Waals surface area contributed by atoms with Gasteiger partial charge in [-0.1, -0.05) is 72.3 Å². The van der Waals surface area contributed by atoms with Gasteiger partial charge in [-0.25, -0.2) is 29.1 Å². The van der Waals surface area contributed by atoms with E-state index < -0.39 is 12.1 Å². The minimum atomic E-state index is -1.39. The average molecular weight is 875 g/mol. The molecule has 0 spiro atoms. The summed E-state index contributed by atoms with van der Waals surface area (Å²) in [5.41, 5.74) is 5.48. The van der Waals surface area contributed by atoms with Gasteiger partial charge in [0.1, 0.15) is 41.7 Å². The molecule has 4 aromatic carbocycles. The van der Waals surface area contributed by atoms with Crippen LogP contribution in [0.3, 0.4) is 0 Å². The van der Waals surface area contributed by atoms with Gasteiger partial charge in [-0.15, -0.1) is 11.3 Å². The number of carboxylic acids is 1. The highest BCUT2D eigenvalue weighted by molar-refractivity contribution is 7.22. The number of aliphatic hydroxyl groups excluding tert-OH is 1. The number of aromatic nitrogens is 4. The molecule has 318 valence electrons. The Hall–Kier alpha value is -6.03. The van der Waals surface area contributed by atoms with Gasteiger partial charge in [0.25, 0.3) is 0 Å². The minimum Gasteiger partial charge on any atom is -0.491 e. The summed E-state index contributed by atoms with van der Waals surface area (Å²) in [5.74, 6) is -0.0544. The standard InChI is InChI=1S/C47H44ClFN6O6S/c1-29-35(15-16-38(42(29)48)59-24-23-55-21-19-54(2)20-22-55)40-41-45(51-28-52-46(41)62-43(40)30-11-13-33(49)14-12-30)61-39(47(57)58)25-31-7-4-6-10-37(31)60-27-34-17-18-50-44(53-34)36-9-5-3-8-32(36)26-56/h3-18,28,39,56H,19-27H2,1-2H3,(H,57,58)/t39-/m1/s1. The van der Waals surface area contributed by atoms with E-state index in [0.717, 1.165) is 54.3 Å². The second-order valence-corrected chi connectivity index (χ2v) is 16.3. The van der Waals surface area contributed by atoms with E-state index in [1.54, 1.807) is 48.7 Å². The number of carbonyl (C=O) groups is 1. The van der Waals surface area contributed by atoms with Crippen LogP contribution in [0.5, 0.6) is 17.4 Å². The van der Waals surface area contributed by atoms with Gasteiger partial charge in [-0.2, -0.15) is 0 Å². The number of piperazine rings is 1. The third-order valence-corrected chi connectivity index (χ3v) is 12.5. The van der Waals surface area contributed by atoms with Gasteiger partial charge < -0.3 is 29.3 Å². The molecular formula is C47H44ClFN6O6S. The van der Waals surface area contributed by atoms with E-state index in [1.165, 1.54) is 29.8 Å². The average Bonchev–Trinajstić information content (AvgIpc) is 3.68. The van der Waals surface area contributed by atoms with Gasteiger partial charge >= 0.3 is 5.97 Å². The number of halogens is 2. The number of aliphatic carboxylic acids is 1. The number of fused-ring (bicyclic) bond motifs is 1. The molecule has 62 heavy (non-hydrogen) atoms. The lowest BCUT2D eigenvalue weighted by Gasteiger charge is -2.32. The molecule has 1 atom stereocenters. The van der Waals surface area contributed by atoms with Crippen LogP contribution in [0, 0.1) is 12.7 Å². The third-order valence-electron chi connectivity index (χ3n) is 10.9. The van der Waals surface area contributed by atoms with Crippen molar-refractivity contribution >= 4 is 39.1 Å². The summed E-state index contributed by atoms with van der Waals surface area (Å²) in [4.78, 5) is 37.1. The molecule has 1 aliphatic rings. The summed E-state index contributed by atoms with van der Waals surface area (Å²) >= 11 is 8.41. The maximum absolute atomic E-state index is 14.2. The summed E-state index contributed by atoms with van der Waals surface area (Å²) in [7, 11) is 2.12. The number of hydrogen-bond acceptors (Lipinski definition) is 12. The molecule has 0 radical (unpaired) electrons. The molecule has 1 saturated heterocycles. The highest BCUT2D eigenvalue weighted by atomic mass is 35.5. The normalized spacial score (nSPS) is 13.9. The Labute approximate surface area is 367 Å². The maximum atomic E-state index is 14.2. The van der Waals surface area contributed by atoms with E-state index >= 15 is 0 Å². The molecule has 3 aromatic heterocycles. The van der Waals surface area contributed by atoms with E-state index in [4.69, 9.17) is 25.8 Å². The number of carboxylic acid groups (broad SMARTS) is 1. The van der Waals surface area contributed by atoms with Crippen LogP contribution >= 0.6 is 22.9 Å². The van der Waals surface area contributed by atoms with Crippen LogP contribution in [0.4, 0.5) is 4.39 Å². The summed E-state index contributed by atoms with van der Waals surface area (Å²) in [6.07, 6.45) is 1.52. The number of nitrogens with zero attached hydrogens (tertiary/aromatic N) is 6. The van der Waals surface area contributed by atoms with E-state index in [2.05, 4.69) is 36.8 Å². The second kappa shape index (κ2) is 19.3. The number of benzene rings is 4. The lowest BCUT2D eigenvalue weighted by Crippen LogP contribution is -2.45. The highest BCUT2D eigenvalue weighted by Gasteiger charge is 2.28. The first-order valence-corrected chi connectivity index (χ1v) is 21.3. The molecule has 7 aromatic rings. The Morgan fingerprint density at radius 1 is 0.887 bits per heavy atom. The number of hydrogen-bond donors (Lipinski definition) is 2. The Morgan fingerprint density at radius 2 is 1.65 bits per heavy atom. The molecule has 4 heterocycles. The van der Waals surface area contributed by atoms with Crippen molar-refractivity contribution in [1.29, 1.82) is 0 Å². The van der Waals surface area contributed by atoms with E-state index in [0.29, 0.717) is 67.1 Å². The van der Waals surface area contributed by atoms with Crippen LogP contribution < -0.4 is 14.2 Å². The predicted molar refractivity (Wildman–Crippen MR) is 237 cm³/mol. The molecule has 0 bridgehead atoms. The van der Waals surface area contributed by atoms with E-state index in [1.807, 2.05) is 43.3 Å². The van der Waals surface area contributed by atoms with Crippen LogP contribution in [-0.4, -0.2) is 98.4 Å². The molecule has 1 fully saturated rings. The molecule has 0 unspecified atom stereocenters. The van der Waals surface area contributed by atoms with Crippen molar-refractivity contribution in [2.24, 2.45) is 0 Å². The SMILES string of the molecule is Cc1c(-c2c(-c3ccc(F)cc3)sc3ncnc(O[C@H](Cc4ccccc4OCc4ccnc(-c5ccccc5CO)n4)C(=O)O)c23)ccc(OCCN2CCN(C)CC2)c1Cl. The first kappa shape index (κ1) is 42.7. The van der Waals surface area contributed by atoms with Crippen molar-refractivity contribution < 1.29 is 33.6 Å². The first-order valence-electron chi connectivity index (χ1n) is 20.1. The number of para-hydroxylation sites is 1. The van der Waals surface area contributed by atoms with Crippen LogP contribution in [-0.2, 0) is 24.4 Å². The number of ether oxygens (including phenoxy) is 3. The van der Waals surface area contributed by atoms with Gasteiger partial charge in [0.15, 0.2) is 5.82 Å². The maximum Gasteiger partial charge on any atom is 0.345 e. The molecule has 0 amide bonds. The smallest absolute Gasteiger partial charge is 0.345 e. The second-order valence-electron chi connectivity index (χ2n) is 14.9. The zero-order valence-corrected chi connectivity index (χ0v) is 35.7. The summed E-state index contributed by atoms with van der Waals surface area (Å²) in [5, 5.41) is 21.4. The van der Waals surface area contributed by atoms with Crippen molar-refractivity contribution in [2.75, 3.05) is 46.4 Å². The minimum absolute atomic E-state index is 0.0643. The monoisotopic (exact) mass is 874 g/mol. The Kier molecular flexibility index (Phi) is 13.3. The molecule has 1 aliphatic heterocycles. The largest absolute Gasteiger partial charge is 0.491 e. The number of thiophene rings is 1. The lowest BCUT2D eigenvalue weighted by molar-refractivity contribution is -0.145. The van der Waals surface area contributed by atoms with Gasteiger partial charge in [0, 0.05) is 61.3 Å². The van der Waals surface area contributed by atoms with Crippen LogP contribution in [0.1, 0.15) is 22.4 Å². The van der Waals surface area contributed by atoms with Gasteiger partial charge in [0.2, 0.25) is 12.0 Å². The zero-order chi connectivity index (χ0) is 43.2. The van der Waals surface area contributed by atoms with E-state index in [-0.39, 0.29) is 31.3 Å². The fourth-order valence-corrected chi connectivity index (χ4v) is 8.79. The molecule has 0 saturated carbocycles. The number of likely N-dealkylation sites (N-methyl/N-ethyl adjacent to an activating group) is 1. The summed E-state index contributed by atoms with van der Waals surface area (Å²) in [6, 6.07) is 26.2. The van der Waals surface area contributed by atoms with E-state index in [9.17, 15) is 19.4 Å². The Balaban J connectivity index is 1.08. The fourth-order valence-electron chi connectivity index (χ4n) is 7.42. The molecular weight excluding hydrogens is 831 g/mol. The zero-order valence-electron chi connectivity index (χ0n) is 34.1. The first-order chi connectivity index (χ1) is 30.2. The predicted octanol–water partition coefficient (Wildman–Crippen LogP) is 8.36. The topological polar surface area (TPSA) is 143 Å². The molecule has 0 aliphatic carbocycles. The van der Waals surface area contributed by atoms with Crippen LogP contribution in [0.25, 0.3) is 43.2 Å². The lowest BCUT2D eigenvalue weighted by atomic mass is 9.96. The van der Waals surface area contributed by atoms with Crippen LogP contribution in [0.2, 0.25) is 5.02 Å². The molecule has 8 rings (SSSR count). The van der Waals surface area contributed by atoms with Crippen molar-refractivity contribution in [3.63, 3.8) is 0 Å². The number of rotatable bonds is 16. The van der Waals surface area contributed by atoms with Crippen molar-refractivity contribution in [2.45, 2.75) is 32.7 Å². The fraction of sp³-hybridized carbons (Fsp3) is 0.255. The number of aliphatic hydroxyl groups is 1. The molecule has 15 heteroatoms. The van der Waals surface area contributed by atoms with Gasteiger partial charge in [-0.3, -0.25) is 4.90 Å². The summed E-state index contributed by atoms with van der Waals surface area (Å²) in [6.45, 7) is 7.06. The summed E-state index contributed by atoms with van der Waals surface area (Å²) < 4.78 is 33.0. The Bertz CT molecular complexity index is 2690. The van der Waals surface area contributed by atoms with Crippen molar-refractivity contribution in [3.05, 3.63) is 137 Å². The van der Waals surface area contributed by atoms with Gasteiger partial charge in [0.05, 0.1) is 22.7 Å². The van der Waals surface area contributed by atoms with Crippen LogP contribution in [0.15, 0.2) is 104 Å². The molecule has 12 nitrogen and oxygen atoms in total.